The molecular weight excluding hydrogens is 1460 g/mol. The van der Waals surface area contributed by atoms with Crippen LogP contribution in [0.25, 0.3) is 10.8 Å². The van der Waals surface area contributed by atoms with E-state index < -0.39 is 179 Å². The number of phenolic OH excluding ortho intramolecular Hbond substituents is 2. The molecule has 8 unspecified atom stereocenters. The lowest BCUT2D eigenvalue weighted by Gasteiger charge is -2.48. The molecule has 10 N–H and O–H groups in total. The number of aliphatic hydroxyl groups excluding tert-OH is 5. The lowest BCUT2D eigenvalue weighted by atomic mass is 9.77. The van der Waals surface area contributed by atoms with Crippen LogP contribution in [0.1, 0.15) is 186 Å². The van der Waals surface area contributed by atoms with Gasteiger partial charge in [0, 0.05) is 132 Å². The van der Waals surface area contributed by atoms with Crippen molar-refractivity contribution in [1.29, 1.82) is 0 Å². The SMILES string of the molecule is CC[C@H]1OC(=O)[C@H](C)[C@@H](OC2CC(C)(OC)C(O)C(C)O2)[C@H](C)[C@@H](OC2OC(C)CC(N(C)C)C2O)[C@](C)(O)C[C@@H](C)CN(C)[C@H](C)[C@@H](O)[C@]1(C)O.CO[C@H]1/C=C\O[C@@]2(C)Oc3c(C)c(O)c4c(O)c(c5c(c4c3C2=O)=NC2(CCN(CC(C)C)CC2)N=5)NC(=O)/C(C)=C/C=C\[C@H](C)[C@H](O)[C@@H](C)[C@@H](O)[C@H](C)[C@@H](OC(C)=O)[C@@H]1C. The number of likely N-dealkylation sites (tertiary alicyclic amines) is 1. The van der Waals surface area contributed by atoms with Crippen LogP contribution in [0.4, 0.5) is 5.69 Å². The zero-order valence-electron chi connectivity index (χ0n) is 71.3. The third-order valence-corrected chi connectivity index (χ3v) is 25.1. The largest absolute Gasteiger partial charge is 0.507 e. The summed E-state index contributed by atoms with van der Waals surface area (Å²) >= 11 is 0. The molecule has 9 rings (SSSR count). The van der Waals surface area contributed by atoms with E-state index in [9.17, 15) is 65.1 Å². The van der Waals surface area contributed by atoms with Crippen molar-refractivity contribution < 1.29 is 113 Å². The van der Waals surface area contributed by atoms with Gasteiger partial charge in [-0.3, -0.25) is 29.2 Å². The molecule has 4 bridgehead atoms. The zero-order valence-corrected chi connectivity index (χ0v) is 71.3. The highest BCUT2D eigenvalue weighted by atomic mass is 16.7. The van der Waals surface area contributed by atoms with Crippen LogP contribution in [-0.2, 0) is 57.0 Å². The maximum absolute atomic E-state index is 14.7. The van der Waals surface area contributed by atoms with Gasteiger partial charge in [-0.05, 0) is 121 Å². The number of hydrogen-bond donors (Lipinski definition) is 10. The number of esters is 2. The molecule has 29 heteroatoms. The van der Waals surface area contributed by atoms with Gasteiger partial charge in [-0.1, -0.05) is 80.5 Å². The second-order valence-electron chi connectivity index (χ2n) is 35.1. The molecule has 7 heterocycles. The van der Waals surface area contributed by atoms with Gasteiger partial charge in [-0.2, -0.15) is 0 Å². The summed E-state index contributed by atoms with van der Waals surface area (Å²) in [6.07, 6.45) is -3.15. The van der Waals surface area contributed by atoms with Gasteiger partial charge >= 0.3 is 17.7 Å². The molecule has 4 saturated heterocycles. The first kappa shape index (κ1) is 92.7. The normalized spacial score (nSPS) is 40.5. The van der Waals surface area contributed by atoms with Crippen molar-refractivity contribution in [1.82, 2.24) is 14.7 Å². The van der Waals surface area contributed by atoms with Crippen molar-refractivity contribution in [3.63, 3.8) is 0 Å². The maximum Gasteiger partial charge on any atom is 0.312 e. The number of allylic oxidation sites excluding steroid dienone is 2. The van der Waals surface area contributed by atoms with E-state index in [0.29, 0.717) is 44.8 Å². The third-order valence-electron chi connectivity index (χ3n) is 25.1. The Kier molecular flexibility index (Phi) is 30.3. The number of aromatic hydroxyl groups is 2. The molecule has 0 aromatic heterocycles. The lowest BCUT2D eigenvalue weighted by molar-refractivity contribution is -0.318. The quantitative estimate of drug-likeness (QED) is 0.0831. The standard InChI is InChI=1S/C46H62N4O11.C38H72N2O12/c1-22(2)21-50-18-16-46(17-19-50)48-34-31-32-39(54)28(8)42-33(31)43(56)45(10,61-42)59-20-15-30(58-11)25(5)41(60-29(9)51)27(7)38(53)26(6)37(52)23(3)13-12-14-24(4)44(57)47-36(40(32)55)35(34)49-46;1-15-27-38(10,46)31(42)24(6)40(13)19-20(2)17-36(8,45)33(52-35-29(41)26(39(11)12)16-21(3)48-35)22(4)30(23(5)34(44)50-27)51-28-18-37(9,47-14)32(43)25(7)49-28/h12-15,20,22-23,25-27,30,37-38,41,52-55H,16-19,21H2,1-11H3,(H,47,57);20-33,35,41-43,45-46H,15-19H2,1-14H3/b13-12-,20-15-,24-14+;/t23-,25+,26+,27-,30-,37-,38+,41-,45-;20-,21?,22+,23-,24-,25?,26?,27-,28?,29?,30+,31-,32?,33-,35?,36-,37?,38-/m01/s1. The topological polar surface area (TPSA) is 389 Å². The highest BCUT2D eigenvalue weighted by Gasteiger charge is 2.55. The van der Waals surface area contributed by atoms with E-state index in [1.807, 2.05) is 51.7 Å². The van der Waals surface area contributed by atoms with Crippen molar-refractivity contribution in [2.24, 2.45) is 57.3 Å². The summed E-state index contributed by atoms with van der Waals surface area (Å²) < 4.78 is 61.5. The van der Waals surface area contributed by atoms with E-state index in [1.165, 1.54) is 41.3 Å². The van der Waals surface area contributed by atoms with Crippen LogP contribution in [0, 0.1) is 54.3 Å². The van der Waals surface area contributed by atoms with Gasteiger partial charge in [0.2, 0.25) is 0 Å². The van der Waals surface area contributed by atoms with Crippen molar-refractivity contribution in [2.45, 2.75) is 303 Å². The van der Waals surface area contributed by atoms with Crippen LogP contribution in [0.5, 0.6) is 17.2 Å². The highest BCUT2D eigenvalue weighted by molar-refractivity contribution is 6.19. The minimum Gasteiger partial charge on any atom is -0.507 e. The zero-order chi connectivity index (χ0) is 84.5. The molecule has 1 amide bonds. The second-order valence-corrected chi connectivity index (χ2v) is 35.1. The Morgan fingerprint density at radius 1 is 0.788 bits per heavy atom. The Hall–Kier alpha value is -5.84. The molecule has 0 aliphatic carbocycles. The Labute approximate surface area is 667 Å². The number of fused-ring (bicyclic) bond motifs is 1. The number of aliphatic hydroxyl groups is 7. The highest BCUT2D eigenvalue weighted by Crippen LogP contribution is 2.51. The summed E-state index contributed by atoms with van der Waals surface area (Å²) in [5.41, 5.74) is -4.95. The Morgan fingerprint density at radius 2 is 1.42 bits per heavy atom. The number of carbonyl (C=O) groups is 4. The molecule has 7 aliphatic heterocycles. The summed E-state index contributed by atoms with van der Waals surface area (Å²) in [5, 5.41) is 108. The Morgan fingerprint density at radius 3 is 2.02 bits per heavy atom. The van der Waals surface area contributed by atoms with Crippen molar-refractivity contribution >= 4 is 40.1 Å². The molecule has 29 nitrogen and oxygen atoms in total. The van der Waals surface area contributed by atoms with E-state index in [1.54, 1.807) is 107 Å². The van der Waals surface area contributed by atoms with Gasteiger partial charge in [0.05, 0.1) is 82.4 Å². The van der Waals surface area contributed by atoms with Gasteiger partial charge in [0.25, 0.3) is 11.7 Å². The number of Topliss-reactive ketones (excluding diaryl/α,β-unsaturated/α-hetero) is 1. The number of hydrogen-bond acceptors (Lipinski definition) is 28. The van der Waals surface area contributed by atoms with Gasteiger partial charge in [-0.25, -0.2) is 0 Å². The number of rotatable bonds is 11. The molecular formula is C84H134N6O23. The number of carbonyl (C=O) groups excluding carboxylic acids is 4. The first-order valence-corrected chi connectivity index (χ1v) is 40.4. The number of ether oxygens (including phenoxy) is 10. The molecule has 27 atom stereocenters. The summed E-state index contributed by atoms with van der Waals surface area (Å²) in [6, 6.07) is -0.808. The minimum absolute atomic E-state index is 0.0364. The lowest BCUT2D eigenvalue weighted by Crippen LogP contribution is -2.60. The van der Waals surface area contributed by atoms with Crippen LogP contribution in [0.2, 0.25) is 0 Å². The number of benzene rings is 2. The van der Waals surface area contributed by atoms with E-state index in [-0.39, 0.29) is 92.7 Å². The van der Waals surface area contributed by atoms with E-state index in [4.69, 9.17) is 57.4 Å². The van der Waals surface area contributed by atoms with Crippen molar-refractivity contribution in [2.75, 3.05) is 66.9 Å². The number of ketones is 1. The van der Waals surface area contributed by atoms with Crippen LogP contribution < -0.4 is 20.8 Å². The molecule has 4 fully saturated rings. The molecule has 0 radical (unpaired) electrons. The summed E-state index contributed by atoms with van der Waals surface area (Å²) in [5.74, 6) is -9.03. The van der Waals surface area contributed by atoms with E-state index in [2.05, 4.69) is 24.1 Å². The predicted molar refractivity (Wildman–Crippen MR) is 422 cm³/mol. The first-order valence-electron chi connectivity index (χ1n) is 40.4. The monoisotopic (exact) mass is 1590 g/mol. The smallest absolute Gasteiger partial charge is 0.312 e. The van der Waals surface area contributed by atoms with Crippen LogP contribution in [0.3, 0.4) is 0 Å². The van der Waals surface area contributed by atoms with Gasteiger partial charge in [0.1, 0.15) is 58.7 Å². The molecule has 0 saturated carbocycles. The van der Waals surface area contributed by atoms with Crippen LogP contribution >= 0.6 is 0 Å². The number of likely N-dealkylation sites (N-methyl/N-ethyl adjacent to an activating group) is 2. The number of amides is 1. The number of piperidine rings is 1. The molecule has 7 aliphatic rings. The fourth-order valence-corrected chi connectivity index (χ4v) is 17.9. The number of phenols is 2. The predicted octanol–water partition coefficient (Wildman–Crippen LogP) is 6.65. The fourth-order valence-electron chi connectivity index (χ4n) is 17.9. The molecule has 638 valence electrons. The van der Waals surface area contributed by atoms with E-state index >= 15 is 0 Å². The summed E-state index contributed by atoms with van der Waals surface area (Å²) in [4.78, 5) is 71.7. The first-order chi connectivity index (χ1) is 52.6. The minimum atomic E-state index is -1.96. The maximum atomic E-state index is 14.7. The summed E-state index contributed by atoms with van der Waals surface area (Å²) in [6.45, 7) is 37.6. The Bertz CT molecular complexity index is 3900. The van der Waals surface area contributed by atoms with Gasteiger partial charge in [0.15, 0.2) is 24.0 Å². The van der Waals surface area contributed by atoms with Gasteiger partial charge in [-0.15, -0.1) is 0 Å². The Balaban J connectivity index is 0.000000287. The van der Waals surface area contributed by atoms with Crippen LogP contribution in [0.15, 0.2) is 46.1 Å². The van der Waals surface area contributed by atoms with E-state index in [0.717, 1.165) is 6.54 Å². The van der Waals surface area contributed by atoms with Crippen molar-refractivity contribution in [3.05, 3.63) is 58.0 Å². The van der Waals surface area contributed by atoms with Crippen molar-refractivity contribution in [3.8, 4) is 17.2 Å². The fraction of sp³-hybridized carbons (Fsp3) is 0.762. The number of cyclic esters (lactones) is 1. The number of anilines is 1. The molecule has 2 aromatic carbocycles. The van der Waals surface area contributed by atoms with Gasteiger partial charge < -0.3 is 113 Å². The molecule has 113 heavy (non-hydrogen) atoms. The summed E-state index contributed by atoms with van der Waals surface area (Å²) in [7, 11) is 8.59. The van der Waals surface area contributed by atoms with Crippen LogP contribution in [-0.4, -0.2) is 272 Å². The second kappa shape index (κ2) is 37.0. The third kappa shape index (κ3) is 19.8. The average molecular weight is 1600 g/mol. The number of methoxy groups -OCH3 is 2. The molecule has 2 aromatic rings. The number of nitrogens with one attached hydrogen (secondary N) is 1. The molecule has 1 spiro atoms. The number of nitrogens with zero attached hydrogens (tertiary/aromatic N) is 5. The average Bonchev–Trinajstić information content (AvgIpc) is 1.55.